The highest BCUT2D eigenvalue weighted by Crippen LogP contribution is 2.38. The molecule has 3 aromatic rings. The van der Waals surface area contributed by atoms with Gasteiger partial charge in [-0.15, -0.1) is 0 Å². The van der Waals surface area contributed by atoms with Crippen molar-refractivity contribution in [3.05, 3.63) is 63.1 Å². The Hall–Kier alpha value is -2.85. The van der Waals surface area contributed by atoms with E-state index in [9.17, 15) is 9.59 Å². The van der Waals surface area contributed by atoms with Gasteiger partial charge in [0.2, 0.25) is 0 Å². The van der Waals surface area contributed by atoms with Crippen LogP contribution in [0, 0.1) is 11.3 Å². The van der Waals surface area contributed by atoms with E-state index >= 15 is 0 Å². The third-order valence-corrected chi connectivity index (χ3v) is 5.43. The second kappa shape index (κ2) is 9.77. The SMILES string of the molecule is N#CCCNC(=O)COC(=O)c1cc(-c2ccc(Cl)c(Cl)c2Cl)nc2ccccc12. The van der Waals surface area contributed by atoms with Gasteiger partial charge in [-0.05, 0) is 24.3 Å². The first kappa shape index (κ1) is 21.8. The highest BCUT2D eigenvalue weighted by atomic mass is 35.5. The van der Waals surface area contributed by atoms with Gasteiger partial charge in [-0.25, -0.2) is 9.78 Å². The minimum Gasteiger partial charge on any atom is -0.452 e. The Morgan fingerprint density at radius 1 is 1.10 bits per heavy atom. The summed E-state index contributed by atoms with van der Waals surface area (Å²) >= 11 is 18.5. The minimum absolute atomic E-state index is 0.169. The number of carbonyl (C=O) groups is 2. The zero-order valence-electron chi connectivity index (χ0n) is 15.4. The third-order valence-electron chi connectivity index (χ3n) is 4.14. The molecular weight excluding hydrogens is 449 g/mol. The fourth-order valence-corrected chi connectivity index (χ4v) is 3.36. The number of aromatic nitrogens is 1. The first-order valence-electron chi connectivity index (χ1n) is 8.76. The number of hydrogen-bond donors (Lipinski definition) is 1. The van der Waals surface area contributed by atoms with E-state index in [1.165, 1.54) is 6.07 Å². The van der Waals surface area contributed by atoms with Gasteiger partial charge < -0.3 is 10.1 Å². The van der Waals surface area contributed by atoms with Gasteiger partial charge in [-0.3, -0.25) is 4.79 Å². The fraction of sp³-hybridized carbons (Fsp3) is 0.143. The Bertz CT molecular complexity index is 1180. The van der Waals surface area contributed by atoms with E-state index in [2.05, 4.69) is 10.3 Å². The first-order chi connectivity index (χ1) is 14.4. The molecule has 1 heterocycles. The standard InChI is InChI=1S/C21H14Cl3N3O3/c22-15-7-6-13(19(23)20(15)24)17-10-14(12-4-1-2-5-16(12)27-17)21(29)30-11-18(28)26-9-3-8-25/h1-2,4-7,10H,3,9,11H2,(H,26,28). The molecule has 0 spiro atoms. The summed E-state index contributed by atoms with van der Waals surface area (Å²) in [7, 11) is 0. The van der Waals surface area contributed by atoms with Crippen LogP contribution in [0.3, 0.4) is 0 Å². The summed E-state index contributed by atoms with van der Waals surface area (Å²) in [6.45, 7) is -0.283. The monoisotopic (exact) mass is 461 g/mol. The van der Waals surface area contributed by atoms with Gasteiger partial charge in [0.25, 0.3) is 5.91 Å². The number of nitriles is 1. The van der Waals surface area contributed by atoms with Crippen molar-refractivity contribution in [1.82, 2.24) is 10.3 Å². The van der Waals surface area contributed by atoms with Crippen LogP contribution >= 0.6 is 34.8 Å². The highest BCUT2D eigenvalue weighted by Gasteiger charge is 2.18. The maximum absolute atomic E-state index is 12.7. The molecule has 1 amide bonds. The van der Waals surface area contributed by atoms with Crippen LogP contribution in [0.2, 0.25) is 15.1 Å². The van der Waals surface area contributed by atoms with E-state index in [-0.39, 0.29) is 28.6 Å². The molecule has 0 saturated heterocycles. The van der Waals surface area contributed by atoms with Crippen molar-refractivity contribution in [3.8, 4) is 17.3 Å². The number of para-hydroxylation sites is 1. The highest BCUT2D eigenvalue weighted by molar-refractivity contribution is 6.49. The predicted molar refractivity (Wildman–Crippen MR) is 116 cm³/mol. The molecule has 1 N–H and O–H groups in total. The van der Waals surface area contributed by atoms with Crippen molar-refractivity contribution in [2.75, 3.05) is 13.2 Å². The Kier molecular flexibility index (Phi) is 7.11. The third kappa shape index (κ3) is 4.82. The first-order valence-corrected chi connectivity index (χ1v) is 9.90. The van der Waals surface area contributed by atoms with E-state index in [0.29, 0.717) is 27.2 Å². The topological polar surface area (TPSA) is 92.1 Å². The minimum atomic E-state index is -0.693. The number of carbonyl (C=O) groups excluding carboxylic acids is 2. The molecule has 0 bridgehead atoms. The number of nitrogens with zero attached hydrogens (tertiary/aromatic N) is 2. The lowest BCUT2D eigenvalue weighted by Crippen LogP contribution is -2.29. The molecule has 0 saturated carbocycles. The van der Waals surface area contributed by atoms with Crippen molar-refractivity contribution >= 4 is 57.6 Å². The zero-order chi connectivity index (χ0) is 21.7. The van der Waals surface area contributed by atoms with Crippen molar-refractivity contribution in [2.45, 2.75) is 6.42 Å². The van der Waals surface area contributed by atoms with Gasteiger partial charge in [0.05, 0.1) is 44.3 Å². The predicted octanol–water partition coefficient (Wildman–Crippen LogP) is 5.05. The van der Waals surface area contributed by atoms with Gasteiger partial charge >= 0.3 is 5.97 Å². The van der Waals surface area contributed by atoms with Crippen molar-refractivity contribution in [2.24, 2.45) is 0 Å². The number of halogens is 3. The van der Waals surface area contributed by atoms with E-state index in [1.54, 1.807) is 36.4 Å². The molecule has 2 aromatic carbocycles. The smallest absolute Gasteiger partial charge is 0.339 e. The second-order valence-electron chi connectivity index (χ2n) is 6.13. The lowest BCUT2D eigenvalue weighted by molar-refractivity contribution is -0.124. The zero-order valence-corrected chi connectivity index (χ0v) is 17.7. The van der Waals surface area contributed by atoms with E-state index in [1.807, 2.05) is 6.07 Å². The summed E-state index contributed by atoms with van der Waals surface area (Å²) in [4.78, 5) is 29.0. The molecular formula is C21H14Cl3N3O3. The number of pyridine rings is 1. The molecule has 0 radical (unpaired) electrons. The second-order valence-corrected chi connectivity index (χ2v) is 7.29. The lowest BCUT2D eigenvalue weighted by atomic mass is 10.0. The van der Waals surface area contributed by atoms with Gasteiger partial charge in [0.15, 0.2) is 6.61 Å². The molecule has 0 unspecified atom stereocenters. The van der Waals surface area contributed by atoms with Gasteiger partial charge in [-0.1, -0.05) is 53.0 Å². The van der Waals surface area contributed by atoms with Crippen molar-refractivity contribution < 1.29 is 14.3 Å². The number of rotatable bonds is 6. The molecule has 0 atom stereocenters. The number of nitrogens with one attached hydrogen (secondary N) is 1. The maximum atomic E-state index is 12.7. The average Bonchev–Trinajstić information content (AvgIpc) is 2.75. The Labute approximate surface area is 187 Å². The number of amides is 1. The van der Waals surface area contributed by atoms with Crippen LogP contribution in [0.4, 0.5) is 0 Å². The normalized spacial score (nSPS) is 10.5. The maximum Gasteiger partial charge on any atom is 0.339 e. The summed E-state index contributed by atoms with van der Waals surface area (Å²) in [6, 6.07) is 13.7. The molecule has 0 aliphatic rings. The van der Waals surface area contributed by atoms with Gasteiger partial charge in [0, 0.05) is 17.5 Å². The molecule has 152 valence electrons. The lowest BCUT2D eigenvalue weighted by Gasteiger charge is -2.12. The summed E-state index contributed by atoms with van der Waals surface area (Å²) in [5.41, 5.74) is 1.67. The summed E-state index contributed by atoms with van der Waals surface area (Å²) in [5, 5.41) is 12.2. The van der Waals surface area contributed by atoms with Crippen LogP contribution in [0.15, 0.2) is 42.5 Å². The van der Waals surface area contributed by atoms with Crippen LogP contribution in [0.25, 0.3) is 22.2 Å². The van der Waals surface area contributed by atoms with Gasteiger partial charge in [-0.2, -0.15) is 5.26 Å². The number of esters is 1. The summed E-state index contributed by atoms with van der Waals surface area (Å²) in [5.74, 6) is -1.19. The van der Waals surface area contributed by atoms with Crippen LogP contribution in [0.1, 0.15) is 16.8 Å². The molecule has 9 heteroatoms. The Balaban J connectivity index is 1.95. The molecule has 0 aliphatic carbocycles. The van der Waals surface area contributed by atoms with Crippen LogP contribution in [0.5, 0.6) is 0 Å². The molecule has 30 heavy (non-hydrogen) atoms. The fourth-order valence-electron chi connectivity index (χ4n) is 2.72. The summed E-state index contributed by atoms with van der Waals surface area (Å²) in [6.07, 6.45) is 0.169. The van der Waals surface area contributed by atoms with Crippen molar-refractivity contribution in [3.63, 3.8) is 0 Å². The summed E-state index contributed by atoms with van der Waals surface area (Å²) < 4.78 is 5.15. The van der Waals surface area contributed by atoms with Crippen LogP contribution < -0.4 is 5.32 Å². The molecule has 6 nitrogen and oxygen atoms in total. The molecule has 0 fully saturated rings. The number of benzene rings is 2. The molecule has 0 aliphatic heterocycles. The number of fused-ring (bicyclic) bond motifs is 1. The van der Waals surface area contributed by atoms with Crippen LogP contribution in [-0.2, 0) is 9.53 Å². The quantitative estimate of drug-likeness (QED) is 0.314. The van der Waals surface area contributed by atoms with Gasteiger partial charge in [0.1, 0.15) is 0 Å². The van der Waals surface area contributed by atoms with E-state index in [4.69, 9.17) is 44.8 Å². The molecule has 1 aromatic heterocycles. The van der Waals surface area contributed by atoms with E-state index in [0.717, 1.165) is 0 Å². The largest absolute Gasteiger partial charge is 0.452 e. The number of ether oxygens (including phenoxy) is 1. The van der Waals surface area contributed by atoms with Crippen molar-refractivity contribution in [1.29, 1.82) is 5.26 Å². The Morgan fingerprint density at radius 3 is 2.63 bits per heavy atom. The number of hydrogen-bond acceptors (Lipinski definition) is 5. The molecule has 3 rings (SSSR count). The van der Waals surface area contributed by atoms with E-state index < -0.39 is 18.5 Å². The van der Waals surface area contributed by atoms with Crippen LogP contribution in [-0.4, -0.2) is 30.0 Å². The Morgan fingerprint density at radius 2 is 1.87 bits per heavy atom. The average molecular weight is 463 g/mol.